The fourth-order valence-corrected chi connectivity index (χ4v) is 4.64. The van der Waals surface area contributed by atoms with Crippen LogP contribution >= 0.6 is 0 Å². The molecule has 0 saturated carbocycles. The fraction of sp³-hybridized carbons (Fsp3) is 0.476. The van der Waals surface area contributed by atoms with Crippen LogP contribution in [-0.2, 0) is 13.5 Å². The predicted octanol–water partition coefficient (Wildman–Crippen LogP) is 3.13. The summed E-state index contributed by atoms with van der Waals surface area (Å²) in [5.41, 5.74) is 4.64. The van der Waals surface area contributed by atoms with Gasteiger partial charge in [0.15, 0.2) is 5.52 Å². The van der Waals surface area contributed by atoms with Gasteiger partial charge < -0.3 is 4.90 Å². The van der Waals surface area contributed by atoms with Gasteiger partial charge in [-0.05, 0) is 49.3 Å². The maximum absolute atomic E-state index is 13.0. The van der Waals surface area contributed by atoms with Crippen LogP contribution in [0.15, 0.2) is 29.2 Å². The number of aryl methyl sites for hydroxylation is 2. The fourth-order valence-electron chi connectivity index (χ4n) is 4.64. The zero-order valence-corrected chi connectivity index (χ0v) is 16.1. The first-order valence-corrected chi connectivity index (χ1v) is 9.85. The van der Waals surface area contributed by atoms with Gasteiger partial charge in [-0.25, -0.2) is 9.50 Å². The Morgan fingerprint density at radius 1 is 1.22 bits per heavy atom. The summed E-state index contributed by atoms with van der Waals surface area (Å²) >= 11 is 0. The standard InChI is InChI=1S/C21H25N5O/c1-13-6-9-16-11-15(13)8-7-14(2)19-22-12-18-20(27)24(3)21(23-26(18)19)25-10-4-5-17(16)25/h6,9,11-12,14,17H,4-5,7-8,10H2,1-3H3/t14?,17-/m1/s1. The van der Waals surface area contributed by atoms with Gasteiger partial charge in [0.25, 0.3) is 5.56 Å². The van der Waals surface area contributed by atoms with E-state index in [9.17, 15) is 4.79 Å². The van der Waals surface area contributed by atoms with E-state index in [1.165, 1.54) is 16.7 Å². The van der Waals surface area contributed by atoms with Crippen LogP contribution in [0.25, 0.3) is 5.52 Å². The quantitative estimate of drug-likeness (QED) is 0.616. The molecule has 1 fully saturated rings. The van der Waals surface area contributed by atoms with Crippen molar-refractivity contribution in [1.82, 2.24) is 19.2 Å². The Labute approximate surface area is 158 Å². The number of imidazole rings is 1. The second kappa shape index (κ2) is 5.94. The minimum atomic E-state index is -0.0294. The Morgan fingerprint density at radius 3 is 2.93 bits per heavy atom. The number of hydrogen-bond acceptors (Lipinski definition) is 4. The van der Waals surface area contributed by atoms with Crippen LogP contribution in [0, 0.1) is 6.92 Å². The average Bonchev–Trinajstić information content (AvgIpc) is 3.30. The molecular weight excluding hydrogens is 338 g/mol. The van der Waals surface area contributed by atoms with E-state index in [0.717, 1.165) is 44.0 Å². The summed E-state index contributed by atoms with van der Waals surface area (Å²) < 4.78 is 3.48. The third-order valence-electron chi connectivity index (χ3n) is 6.33. The molecule has 6 heteroatoms. The van der Waals surface area contributed by atoms with Gasteiger partial charge in [0.2, 0.25) is 5.95 Å². The lowest BCUT2D eigenvalue weighted by atomic mass is 9.93. The zero-order valence-electron chi connectivity index (χ0n) is 16.1. The number of aromatic nitrogens is 4. The van der Waals surface area contributed by atoms with Gasteiger partial charge in [0.1, 0.15) is 5.82 Å². The topological polar surface area (TPSA) is 55.4 Å². The minimum absolute atomic E-state index is 0.0294. The number of nitrogens with zero attached hydrogens (tertiary/aromatic N) is 5. The monoisotopic (exact) mass is 363 g/mol. The van der Waals surface area contributed by atoms with E-state index in [2.05, 4.69) is 41.9 Å². The van der Waals surface area contributed by atoms with Crippen LogP contribution in [0.3, 0.4) is 0 Å². The van der Waals surface area contributed by atoms with Gasteiger partial charge >= 0.3 is 0 Å². The SMILES string of the molecule is Cc1ccc2cc1CCC(C)c1ncc3c(=O)n(C)c(nn13)N1CCC[C@H]21. The number of benzene rings is 1. The molecule has 2 aromatic heterocycles. The van der Waals surface area contributed by atoms with E-state index < -0.39 is 0 Å². The molecule has 5 rings (SSSR count). The van der Waals surface area contributed by atoms with Crippen molar-refractivity contribution in [2.75, 3.05) is 11.4 Å². The smallest absolute Gasteiger partial charge is 0.280 e. The van der Waals surface area contributed by atoms with E-state index >= 15 is 0 Å². The van der Waals surface area contributed by atoms with Crippen molar-refractivity contribution in [3.63, 3.8) is 0 Å². The second-order valence-electron chi connectivity index (χ2n) is 8.05. The van der Waals surface area contributed by atoms with Crippen molar-refractivity contribution in [2.24, 2.45) is 7.05 Å². The Kier molecular flexibility index (Phi) is 3.64. The Balaban J connectivity index is 1.79. The van der Waals surface area contributed by atoms with Gasteiger partial charge in [-0.1, -0.05) is 25.1 Å². The molecule has 1 unspecified atom stereocenters. The molecule has 2 aliphatic rings. The van der Waals surface area contributed by atoms with Gasteiger partial charge in [0.05, 0.1) is 12.2 Å². The summed E-state index contributed by atoms with van der Waals surface area (Å²) in [5.74, 6) is 1.86. The zero-order chi connectivity index (χ0) is 18.7. The number of fused-ring (bicyclic) bond motifs is 6. The lowest BCUT2D eigenvalue weighted by Crippen LogP contribution is -2.33. The average molecular weight is 363 g/mol. The first-order valence-electron chi connectivity index (χ1n) is 9.85. The third-order valence-corrected chi connectivity index (χ3v) is 6.33. The first kappa shape index (κ1) is 16.5. The molecule has 4 bridgehead atoms. The van der Waals surface area contributed by atoms with Crippen molar-refractivity contribution in [2.45, 2.75) is 51.5 Å². The molecular formula is C21H25N5O. The lowest BCUT2D eigenvalue weighted by molar-refractivity contribution is 0.593. The molecule has 3 aromatic rings. The van der Waals surface area contributed by atoms with Gasteiger partial charge in [-0.2, -0.15) is 0 Å². The summed E-state index contributed by atoms with van der Waals surface area (Å²) in [6.45, 7) is 5.29. The highest BCUT2D eigenvalue weighted by Gasteiger charge is 2.31. The van der Waals surface area contributed by atoms with Crippen molar-refractivity contribution in [3.8, 4) is 0 Å². The first-order chi connectivity index (χ1) is 13.0. The largest absolute Gasteiger partial charge is 0.334 e. The minimum Gasteiger partial charge on any atom is -0.334 e. The van der Waals surface area contributed by atoms with Crippen LogP contribution < -0.4 is 10.5 Å². The van der Waals surface area contributed by atoms with Crippen LogP contribution in [0.1, 0.15) is 60.7 Å². The maximum Gasteiger partial charge on any atom is 0.280 e. The molecule has 27 heavy (non-hydrogen) atoms. The normalized spacial score (nSPS) is 22.0. The molecule has 140 valence electrons. The highest BCUT2D eigenvalue weighted by atomic mass is 16.1. The summed E-state index contributed by atoms with van der Waals surface area (Å²) in [4.78, 5) is 19.8. The summed E-state index contributed by atoms with van der Waals surface area (Å²) in [7, 11) is 1.82. The van der Waals surface area contributed by atoms with E-state index in [-0.39, 0.29) is 17.5 Å². The van der Waals surface area contributed by atoms with Crippen LogP contribution in [0.2, 0.25) is 0 Å². The molecule has 0 N–H and O–H groups in total. The van der Waals surface area contributed by atoms with Gasteiger partial charge in [-0.3, -0.25) is 9.36 Å². The van der Waals surface area contributed by atoms with E-state index in [0.29, 0.717) is 5.52 Å². The van der Waals surface area contributed by atoms with Crippen molar-refractivity contribution < 1.29 is 0 Å². The molecule has 0 radical (unpaired) electrons. The molecule has 0 spiro atoms. The van der Waals surface area contributed by atoms with E-state index in [1.807, 2.05) is 7.05 Å². The van der Waals surface area contributed by atoms with E-state index in [4.69, 9.17) is 5.10 Å². The highest BCUT2D eigenvalue weighted by Crippen LogP contribution is 2.36. The Hall–Kier alpha value is -2.63. The predicted molar refractivity (Wildman–Crippen MR) is 105 cm³/mol. The van der Waals surface area contributed by atoms with Crippen molar-refractivity contribution >= 4 is 11.5 Å². The summed E-state index contributed by atoms with van der Waals surface area (Å²) in [6.07, 6.45) is 5.88. The molecule has 0 aliphatic carbocycles. The Morgan fingerprint density at radius 2 is 2.07 bits per heavy atom. The molecule has 1 saturated heterocycles. The molecule has 1 aromatic carbocycles. The van der Waals surface area contributed by atoms with E-state index in [1.54, 1.807) is 15.3 Å². The molecule has 4 heterocycles. The summed E-state index contributed by atoms with van der Waals surface area (Å²) in [5, 5.41) is 4.90. The molecule has 2 atom stereocenters. The van der Waals surface area contributed by atoms with Gasteiger partial charge in [-0.15, -0.1) is 5.10 Å². The van der Waals surface area contributed by atoms with Gasteiger partial charge in [0, 0.05) is 19.5 Å². The number of anilines is 1. The third kappa shape index (κ3) is 2.42. The second-order valence-corrected chi connectivity index (χ2v) is 8.05. The highest BCUT2D eigenvalue weighted by molar-refractivity contribution is 5.48. The summed E-state index contributed by atoms with van der Waals surface area (Å²) in [6, 6.07) is 7.13. The lowest BCUT2D eigenvalue weighted by Gasteiger charge is -2.28. The van der Waals surface area contributed by atoms with Crippen LogP contribution in [0.5, 0.6) is 0 Å². The van der Waals surface area contributed by atoms with Crippen molar-refractivity contribution in [1.29, 1.82) is 0 Å². The molecule has 6 nitrogen and oxygen atoms in total. The maximum atomic E-state index is 13.0. The van der Waals surface area contributed by atoms with Crippen LogP contribution in [-0.4, -0.2) is 25.7 Å². The van der Waals surface area contributed by atoms with Crippen LogP contribution in [0.4, 0.5) is 5.95 Å². The molecule has 0 amide bonds. The number of hydrogen-bond donors (Lipinski definition) is 0. The Bertz CT molecular complexity index is 1100. The number of rotatable bonds is 0. The molecule has 2 aliphatic heterocycles. The van der Waals surface area contributed by atoms with Crippen molar-refractivity contribution in [3.05, 3.63) is 57.3 Å².